The molecular weight excluding hydrogens is 340 g/mol. The molecule has 0 aliphatic rings. The van der Waals surface area contributed by atoms with Gasteiger partial charge in [-0.15, -0.1) is 0 Å². The van der Waals surface area contributed by atoms with E-state index >= 15 is 0 Å². The molecule has 1 N–H and O–H groups in total. The van der Waals surface area contributed by atoms with E-state index in [1.54, 1.807) is 22.8 Å². The molecule has 0 saturated heterocycles. The number of rotatable bonds is 5. The smallest absolute Gasteiger partial charge is 0.352 e. The molecule has 0 bridgehead atoms. The number of nitro groups is 1. The molecule has 0 atom stereocenters. The Kier molecular flexibility index (Phi) is 4.42. The molecule has 1 heterocycles. The SMILES string of the molecule is CCCn1c(C(=O)O)ccc1-c1ccc([N+](=O)[O-])cc1Br. The van der Waals surface area contributed by atoms with Gasteiger partial charge in [0.1, 0.15) is 5.69 Å². The number of benzene rings is 1. The van der Waals surface area contributed by atoms with Gasteiger partial charge in [0, 0.05) is 34.4 Å². The monoisotopic (exact) mass is 352 g/mol. The number of nitro benzene ring substituents is 1. The summed E-state index contributed by atoms with van der Waals surface area (Å²) in [4.78, 5) is 21.5. The Morgan fingerprint density at radius 2 is 2.10 bits per heavy atom. The van der Waals surface area contributed by atoms with Gasteiger partial charge in [0.15, 0.2) is 0 Å². The molecule has 2 aromatic rings. The zero-order valence-corrected chi connectivity index (χ0v) is 12.8. The highest BCUT2D eigenvalue weighted by molar-refractivity contribution is 9.10. The number of non-ortho nitro benzene ring substituents is 1. The summed E-state index contributed by atoms with van der Waals surface area (Å²) in [6.07, 6.45) is 0.784. The number of hydrogen-bond acceptors (Lipinski definition) is 3. The van der Waals surface area contributed by atoms with Crippen LogP contribution in [0.5, 0.6) is 0 Å². The standard InChI is InChI=1S/C14H13BrN2O4/c1-2-7-16-12(5-6-13(16)14(18)19)10-4-3-9(17(20)21)8-11(10)15/h3-6,8H,2,7H2,1H3,(H,18,19). The van der Waals surface area contributed by atoms with Crippen LogP contribution in [0.15, 0.2) is 34.8 Å². The van der Waals surface area contributed by atoms with Crippen molar-refractivity contribution in [2.45, 2.75) is 19.9 Å². The van der Waals surface area contributed by atoms with Crippen LogP contribution < -0.4 is 0 Å². The number of carboxylic acid groups (broad SMARTS) is 1. The largest absolute Gasteiger partial charge is 0.477 e. The molecule has 2 rings (SSSR count). The normalized spacial score (nSPS) is 10.6. The van der Waals surface area contributed by atoms with Crippen LogP contribution in [-0.4, -0.2) is 20.6 Å². The fourth-order valence-corrected chi connectivity index (χ4v) is 2.75. The van der Waals surface area contributed by atoms with Crippen LogP contribution in [0.4, 0.5) is 5.69 Å². The fourth-order valence-electron chi connectivity index (χ4n) is 2.18. The lowest BCUT2D eigenvalue weighted by molar-refractivity contribution is -0.384. The minimum absolute atomic E-state index is 0.0160. The first-order valence-electron chi connectivity index (χ1n) is 6.32. The van der Waals surface area contributed by atoms with Crippen LogP contribution in [-0.2, 0) is 6.54 Å². The lowest BCUT2D eigenvalue weighted by Gasteiger charge is -2.11. The number of halogens is 1. The summed E-state index contributed by atoms with van der Waals surface area (Å²) in [5.41, 5.74) is 1.63. The third kappa shape index (κ3) is 2.97. The van der Waals surface area contributed by atoms with E-state index in [1.165, 1.54) is 12.1 Å². The van der Waals surface area contributed by atoms with Crippen LogP contribution in [0, 0.1) is 10.1 Å². The van der Waals surface area contributed by atoms with Crippen molar-refractivity contribution in [3.63, 3.8) is 0 Å². The molecule has 0 spiro atoms. The molecule has 0 fully saturated rings. The van der Waals surface area contributed by atoms with Gasteiger partial charge in [0.2, 0.25) is 0 Å². The van der Waals surface area contributed by atoms with Gasteiger partial charge in [-0.2, -0.15) is 0 Å². The number of nitrogens with zero attached hydrogens (tertiary/aromatic N) is 2. The Hall–Kier alpha value is -2.15. The summed E-state index contributed by atoms with van der Waals surface area (Å²) in [7, 11) is 0. The zero-order chi connectivity index (χ0) is 15.6. The van der Waals surface area contributed by atoms with Crippen molar-refractivity contribution in [1.82, 2.24) is 4.57 Å². The van der Waals surface area contributed by atoms with Gasteiger partial charge in [-0.1, -0.05) is 6.92 Å². The predicted octanol–water partition coefficient (Wildman–Crippen LogP) is 3.93. The molecule has 0 unspecified atom stereocenters. The number of hydrogen-bond donors (Lipinski definition) is 1. The van der Waals surface area contributed by atoms with Crippen LogP contribution in [0.2, 0.25) is 0 Å². The molecule has 1 aromatic heterocycles. The highest BCUT2D eigenvalue weighted by Gasteiger charge is 2.17. The van der Waals surface area contributed by atoms with Gasteiger partial charge >= 0.3 is 5.97 Å². The summed E-state index contributed by atoms with van der Waals surface area (Å²) < 4.78 is 2.26. The average molecular weight is 353 g/mol. The van der Waals surface area contributed by atoms with Gasteiger partial charge < -0.3 is 9.67 Å². The molecule has 110 valence electrons. The van der Waals surface area contributed by atoms with Gasteiger partial charge in [0.25, 0.3) is 5.69 Å². The number of carboxylic acids is 1. The molecule has 0 saturated carbocycles. The summed E-state index contributed by atoms with van der Waals surface area (Å²) in [5, 5.41) is 20.0. The quantitative estimate of drug-likeness (QED) is 0.652. The van der Waals surface area contributed by atoms with Gasteiger partial charge in [-0.05, 0) is 40.5 Å². The fraction of sp³-hybridized carbons (Fsp3) is 0.214. The van der Waals surface area contributed by atoms with Gasteiger partial charge in [-0.3, -0.25) is 10.1 Å². The van der Waals surface area contributed by atoms with Crippen molar-refractivity contribution in [2.24, 2.45) is 0 Å². The van der Waals surface area contributed by atoms with Crippen LogP contribution in [0.1, 0.15) is 23.8 Å². The van der Waals surface area contributed by atoms with E-state index < -0.39 is 10.9 Å². The maximum absolute atomic E-state index is 11.2. The topological polar surface area (TPSA) is 85.4 Å². The Morgan fingerprint density at radius 3 is 2.62 bits per heavy atom. The van der Waals surface area contributed by atoms with Crippen LogP contribution in [0.3, 0.4) is 0 Å². The summed E-state index contributed by atoms with van der Waals surface area (Å²) >= 11 is 3.32. The van der Waals surface area contributed by atoms with Crippen LogP contribution in [0.25, 0.3) is 11.3 Å². The third-order valence-corrected chi connectivity index (χ3v) is 3.74. The Labute approximate surface area is 129 Å². The molecule has 21 heavy (non-hydrogen) atoms. The summed E-state index contributed by atoms with van der Waals surface area (Å²) in [5.74, 6) is -0.993. The van der Waals surface area contributed by atoms with Crippen molar-refractivity contribution in [3.05, 3.63) is 50.6 Å². The zero-order valence-electron chi connectivity index (χ0n) is 11.2. The highest BCUT2D eigenvalue weighted by atomic mass is 79.9. The van der Waals surface area contributed by atoms with Gasteiger partial charge in [-0.25, -0.2) is 4.79 Å². The number of aromatic carboxylic acids is 1. The number of aromatic nitrogens is 1. The second-order valence-electron chi connectivity index (χ2n) is 4.48. The molecule has 1 aromatic carbocycles. The van der Waals surface area contributed by atoms with E-state index in [9.17, 15) is 20.0 Å². The minimum Gasteiger partial charge on any atom is -0.477 e. The second kappa shape index (κ2) is 6.09. The van der Waals surface area contributed by atoms with E-state index in [2.05, 4.69) is 15.9 Å². The molecule has 0 amide bonds. The first kappa shape index (κ1) is 15.2. The third-order valence-electron chi connectivity index (χ3n) is 3.09. The first-order valence-corrected chi connectivity index (χ1v) is 7.12. The molecule has 7 heteroatoms. The Morgan fingerprint density at radius 1 is 1.38 bits per heavy atom. The lowest BCUT2D eigenvalue weighted by Crippen LogP contribution is -2.09. The summed E-state index contributed by atoms with van der Waals surface area (Å²) in [6.45, 7) is 2.52. The average Bonchev–Trinajstić information content (AvgIpc) is 2.82. The Balaban J connectivity index is 2.56. The van der Waals surface area contributed by atoms with Crippen molar-refractivity contribution in [2.75, 3.05) is 0 Å². The molecule has 0 radical (unpaired) electrons. The predicted molar refractivity (Wildman–Crippen MR) is 81.5 cm³/mol. The summed E-state index contributed by atoms with van der Waals surface area (Å²) in [6, 6.07) is 7.70. The van der Waals surface area contributed by atoms with Gasteiger partial charge in [0.05, 0.1) is 4.92 Å². The van der Waals surface area contributed by atoms with E-state index in [4.69, 9.17) is 0 Å². The molecular formula is C14H13BrN2O4. The van der Waals surface area contributed by atoms with E-state index in [-0.39, 0.29) is 11.4 Å². The molecule has 0 aliphatic heterocycles. The molecule has 6 nitrogen and oxygen atoms in total. The first-order chi connectivity index (χ1) is 9.95. The maximum atomic E-state index is 11.2. The van der Waals surface area contributed by atoms with Crippen molar-refractivity contribution in [3.8, 4) is 11.3 Å². The second-order valence-corrected chi connectivity index (χ2v) is 5.34. The Bertz CT molecular complexity index is 709. The van der Waals surface area contributed by atoms with E-state index in [0.717, 1.165) is 17.7 Å². The maximum Gasteiger partial charge on any atom is 0.352 e. The minimum atomic E-state index is -0.993. The lowest BCUT2D eigenvalue weighted by atomic mass is 10.1. The molecule has 0 aliphatic carbocycles. The highest BCUT2D eigenvalue weighted by Crippen LogP contribution is 2.33. The van der Waals surface area contributed by atoms with E-state index in [1.807, 2.05) is 6.92 Å². The number of carbonyl (C=O) groups is 1. The van der Waals surface area contributed by atoms with Crippen molar-refractivity contribution >= 4 is 27.6 Å². The van der Waals surface area contributed by atoms with E-state index in [0.29, 0.717) is 11.0 Å². The van der Waals surface area contributed by atoms with Crippen LogP contribution >= 0.6 is 15.9 Å². The van der Waals surface area contributed by atoms with Crippen molar-refractivity contribution in [1.29, 1.82) is 0 Å². The van der Waals surface area contributed by atoms with Crippen molar-refractivity contribution < 1.29 is 14.8 Å².